The molecule has 1 heterocycles. The third kappa shape index (κ3) is 5.57. The van der Waals surface area contributed by atoms with Crippen molar-refractivity contribution in [2.24, 2.45) is 0 Å². The van der Waals surface area contributed by atoms with Crippen LogP contribution in [0.2, 0.25) is 0 Å². The zero-order valence-corrected chi connectivity index (χ0v) is 13.2. The summed E-state index contributed by atoms with van der Waals surface area (Å²) in [5, 5.41) is 13.6. The molecule has 9 heteroatoms. The van der Waals surface area contributed by atoms with E-state index in [1.54, 1.807) is 20.8 Å². The predicted octanol–water partition coefficient (Wildman–Crippen LogP) is -0.105. The van der Waals surface area contributed by atoms with Gasteiger partial charge in [0.2, 0.25) is 6.54 Å². The van der Waals surface area contributed by atoms with Gasteiger partial charge in [-0.25, -0.2) is 0 Å². The molecule has 1 fully saturated rings. The number of methoxy groups -OCH3 is 1. The summed E-state index contributed by atoms with van der Waals surface area (Å²) in [6.45, 7) is 4.90. The van der Waals surface area contributed by atoms with E-state index < -0.39 is 40.6 Å². The monoisotopic (exact) mass is 318 g/mol. The molecule has 9 nitrogen and oxygen atoms in total. The minimum atomic E-state index is -1.02. The molecule has 1 aliphatic heterocycles. The van der Waals surface area contributed by atoms with E-state index in [9.17, 15) is 19.7 Å². The Morgan fingerprint density at radius 1 is 1.41 bits per heavy atom. The lowest BCUT2D eigenvalue weighted by Crippen LogP contribution is -2.68. The minimum absolute atomic E-state index is 0.0930. The van der Waals surface area contributed by atoms with Crippen molar-refractivity contribution in [2.45, 2.75) is 44.4 Å². The van der Waals surface area contributed by atoms with Crippen molar-refractivity contribution in [1.82, 2.24) is 5.32 Å². The number of carbonyl (C=O) groups is 2. The topological polar surface area (TPSA) is 117 Å². The molecule has 0 radical (unpaired) electrons. The normalized spacial score (nSPS) is 18.0. The number of carbonyl (C=O) groups excluding carboxylic acids is 2. The molecular formula is C13H22N2O7. The lowest BCUT2D eigenvalue weighted by atomic mass is 9.95. The Kier molecular flexibility index (Phi) is 5.84. The van der Waals surface area contributed by atoms with Gasteiger partial charge in [-0.1, -0.05) is 0 Å². The number of nitrogens with zero attached hydrogens (tertiary/aromatic N) is 1. The van der Waals surface area contributed by atoms with E-state index in [0.717, 1.165) is 0 Å². The zero-order valence-electron chi connectivity index (χ0n) is 13.2. The number of rotatable bonds is 7. The molecule has 0 saturated carbocycles. The predicted molar refractivity (Wildman–Crippen MR) is 74.8 cm³/mol. The largest absolute Gasteiger partial charge is 0.468 e. The first-order chi connectivity index (χ1) is 10.1. The van der Waals surface area contributed by atoms with Gasteiger partial charge in [-0.2, -0.15) is 0 Å². The van der Waals surface area contributed by atoms with E-state index in [2.05, 4.69) is 10.1 Å². The molecule has 0 aliphatic carbocycles. The molecule has 1 rings (SSSR count). The van der Waals surface area contributed by atoms with Crippen LogP contribution in [0.1, 0.15) is 27.2 Å². The molecule has 0 spiro atoms. The molecule has 126 valence electrons. The molecule has 0 amide bonds. The summed E-state index contributed by atoms with van der Waals surface area (Å²) < 4.78 is 14.8. The number of esters is 2. The van der Waals surface area contributed by atoms with Crippen LogP contribution in [0.5, 0.6) is 0 Å². The van der Waals surface area contributed by atoms with Crippen LogP contribution in [0.15, 0.2) is 0 Å². The molecule has 1 saturated heterocycles. The highest BCUT2D eigenvalue weighted by atomic mass is 16.6. The van der Waals surface area contributed by atoms with Crippen LogP contribution < -0.4 is 5.32 Å². The average Bonchev–Trinajstić information content (AvgIpc) is 2.31. The van der Waals surface area contributed by atoms with E-state index in [1.807, 2.05) is 0 Å². The van der Waals surface area contributed by atoms with Crippen LogP contribution in [-0.4, -0.2) is 60.9 Å². The standard InChI is InChI=1S/C13H22N2O7/c1-12(2,3)22-10(16)5-9(11(17)20-4)14-13(6-15(18)19)7-21-8-13/h9,14H,5-8H2,1-4H3/t9-/m0/s1. The van der Waals surface area contributed by atoms with Crippen LogP contribution in [0.3, 0.4) is 0 Å². The maximum Gasteiger partial charge on any atom is 0.323 e. The van der Waals surface area contributed by atoms with Crippen molar-refractivity contribution < 1.29 is 28.7 Å². The van der Waals surface area contributed by atoms with Crippen molar-refractivity contribution in [3.8, 4) is 0 Å². The Bertz CT molecular complexity index is 440. The van der Waals surface area contributed by atoms with E-state index >= 15 is 0 Å². The number of nitro groups is 1. The molecule has 0 aromatic carbocycles. The fourth-order valence-corrected chi connectivity index (χ4v) is 2.07. The van der Waals surface area contributed by atoms with Gasteiger partial charge in [0.25, 0.3) is 0 Å². The molecular weight excluding hydrogens is 296 g/mol. The summed E-state index contributed by atoms with van der Waals surface area (Å²) in [5.41, 5.74) is -1.65. The van der Waals surface area contributed by atoms with Gasteiger partial charge >= 0.3 is 11.9 Å². The highest BCUT2D eigenvalue weighted by Crippen LogP contribution is 2.20. The summed E-state index contributed by atoms with van der Waals surface area (Å²) in [4.78, 5) is 33.9. The van der Waals surface area contributed by atoms with Gasteiger partial charge in [0.15, 0.2) is 0 Å². The SMILES string of the molecule is COC(=O)[C@H](CC(=O)OC(C)(C)C)NC1(C[N+](=O)[O-])COC1. The van der Waals surface area contributed by atoms with Gasteiger partial charge < -0.3 is 14.2 Å². The van der Waals surface area contributed by atoms with Crippen LogP contribution in [0.25, 0.3) is 0 Å². The molecule has 1 atom stereocenters. The van der Waals surface area contributed by atoms with Crippen molar-refractivity contribution in [2.75, 3.05) is 26.9 Å². The Morgan fingerprint density at radius 2 is 2.00 bits per heavy atom. The van der Waals surface area contributed by atoms with E-state index in [-0.39, 0.29) is 19.6 Å². The lowest BCUT2D eigenvalue weighted by molar-refractivity contribution is -0.498. The summed E-state index contributed by atoms with van der Waals surface area (Å²) in [5.74, 6) is -1.27. The fraction of sp³-hybridized carbons (Fsp3) is 0.846. The number of hydrogen-bond donors (Lipinski definition) is 1. The van der Waals surface area contributed by atoms with Crippen molar-refractivity contribution in [1.29, 1.82) is 0 Å². The maximum atomic E-state index is 11.9. The first kappa shape index (κ1) is 18.3. The lowest BCUT2D eigenvalue weighted by Gasteiger charge is -2.40. The highest BCUT2D eigenvalue weighted by molar-refractivity contribution is 5.82. The second-order valence-corrected chi connectivity index (χ2v) is 6.27. The van der Waals surface area contributed by atoms with Crippen LogP contribution in [0.4, 0.5) is 0 Å². The highest BCUT2D eigenvalue weighted by Gasteiger charge is 2.46. The molecule has 1 N–H and O–H groups in total. The summed E-state index contributed by atoms with van der Waals surface area (Å²) in [6.07, 6.45) is -0.274. The Hall–Kier alpha value is -1.74. The van der Waals surface area contributed by atoms with Gasteiger partial charge in [-0.15, -0.1) is 0 Å². The third-order valence-electron chi connectivity index (χ3n) is 2.95. The third-order valence-corrected chi connectivity index (χ3v) is 2.95. The second-order valence-electron chi connectivity index (χ2n) is 6.27. The van der Waals surface area contributed by atoms with Gasteiger partial charge in [-0.3, -0.25) is 25.0 Å². The number of hydrogen-bond acceptors (Lipinski definition) is 8. The molecule has 0 aromatic rings. The number of nitrogens with one attached hydrogen (secondary N) is 1. The summed E-state index contributed by atoms with van der Waals surface area (Å²) in [7, 11) is 1.18. The van der Waals surface area contributed by atoms with Crippen LogP contribution >= 0.6 is 0 Å². The van der Waals surface area contributed by atoms with Crippen molar-refractivity contribution >= 4 is 11.9 Å². The van der Waals surface area contributed by atoms with E-state index in [0.29, 0.717) is 0 Å². The Morgan fingerprint density at radius 3 is 2.36 bits per heavy atom. The van der Waals surface area contributed by atoms with Crippen LogP contribution in [-0.2, 0) is 23.8 Å². The second kappa shape index (κ2) is 7.01. The van der Waals surface area contributed by atoms with Gasteiger partial charge in [0.05, 0.1) is 26.7 Å². The van der Waals surface area contributed by atoms with Gasteiger partial charge in [0, 0.05) is 4.92 Å². The molecule has 0 unspecified atom stereocenters. The van der Waals surface area contributed by atoms with E-state index in [4.69, 9.17) is 9.47 Å². The first-order valence-corrected chi connectivity index (χ1v) is 6.84. The number of ether oxygens (including phenoxy) is 3. The summed E-state index contributed by atoms with van der Waals surface area (Å²) in [6, 6.07) is -1.02. The minimum Gasteiger partial charge on any atom is -0.468 e. The van der Waals surface area contributed by atoms with E-state index in [1.165, 1.54) is 7.11 Å². The fourth-order valence-electron chi connectivity index (χ4n) is 2.07. The maximum absolute atomic E-state index is 11.9. The smallest absolute Gasteiger partial charge is 0.323 e. The van der Waals surface area contributed by atoms with Crippen LogP contribution in [0, 0.1) is 10.1 Å². The quantitative estimate of drug-likeness (QED) is 0.393. The van der Waals surface area contributed by atoms with Crippen molar-refractivity contribution in [3.05, 3.63) is 10.1 Å². The molecule has 1 aliphatic rings. The first-order valence-electron chi connectivity index (χ1n) is 6.84. The Labute approximate surface area is 128 Å². The molecule has 0 bridgehead atoms. The van der Waals surface area contributed by atoms with Crippen molar-refractivity contribution in [3.63, 3.8) is 0 Å². The van der Waals surface area contributed by atoms with Gasteiger partial charge in [0.1, 0.15) is 17.2 Å². The van der Waals surface area contributed by atoms with Gasteiger partial charge in [-0.05, 0) is 20.8 Å². The Balaban J connectivity index is 2.74. The average molecular weight is 318 g/mol. The molecule has 0 aromatic heterocycles. The summed E-state index contributed by atoms with van der Waals surface area (Å²) >= 11 is 0. The molecule has 22 heavy (non-hydrogen) atoms. The zero-order chi connectivity index (χ0) is 17.0.